The molecular weight excluding hydrogens is 187 g/mol. The Morgan fingerprint density at radius 2 is 2.07 bits per heavy atom. The molecule has 0 aromatic heterocycles. The summed E-state index contributed by atoms with van der Waals surface area (Å²) in [5.74, 6) is -1.33. The van der Waals surface area contributed by atoms with Crippen molar-refractivity contribution in [2.75, 3.05) is 0 Å². The number of carbonyl (C=O) groups is 1. The average Bonchev–Trinajstić information content (AvgIpc) is 2.16. The fourth-order valence-corrected chi connectivity index (χ4v) is 0.873. The first-order valence-corrected chi connectivity index (χ1v) is 4.18. The minimum absolute atomic E-state index is 0.174. The fourth-order valence-electron chi connectivity index (χ4n) is 0.873. The Hall–Kier alpha value is -1.42. The van der Waals surface area contributed by atoms with Crippen LogP contribution in [-0.4, -0.2) is 17.2 Å². The molecule has 0 amide bonds. The van der Waals surface area contributed by atoms with Gasteiger partial charge in [0, 0.05) is 0 Å². The van der Waals surface area contributed by atoms with Crippen molar-refractivity contribution in [1.82, 2.24) is 0 Å². The van der Waals surface area contributed by atoms with E-state index in [4.69, 9.17) is 9.84 Å². The molecule has 1 N–H and O–H groups in total. The van der Waals surface area contributed by atoms with E-state index in [2.05, 4.69) is 0 Å². The highest BCUT2D eigenvalue weighted by molar-refractivity contribution is 5.71. The summed E-state index contributed by atoms with van der Waals surface area (Å²) >= 11 is 0. The van der Waals surface area contributed by atoms with Crippen LogP contribution in [0, 0.1) is 5.82 Å². The van der Waals surface area contributed by atoms with Crippen molar-refractivity contribution in [2.45, 2.75) is 19.6 Å². The number of halogens is 1. The van der Waals surface area contributed by atoms with Crippen LogP contribution < -0.4 is 0 Å². The third kappa shape index (κ3) is 3.14. The summed E-state index contributed by atoms with van der Waals surface area (Å²) in [6.07, 6.45) is -0.847. The highest BCUT2D eigenvalue weighted by Gasteiger charge is 2.10. The molecule has 1 aromatic carbocycles. The van der Waals surface area contributed by atoms with Crippen molar-refractivity contribution >= 4 is 5.97 Å². The van der Waals surface area contributed by atoms with Crippen LogP contribution in [0.25, 0.3) is 0 Å². The monoisotopic (exact) mass is 198 g/mol. The summed E-state index contributed by atoms with van der Waals surface area (Å²) in [5.41, 5.74) is 0.750. The number of aliphatic carboxylic acids is 1. The smallest absolute Gasteiger partial charge is 0.332 e. The van der Waals surface area contributed by atoms with Crippen LogP contribution in [0.2, 0.25) is 0 Å². The van der Waals surface area contributed by atoms with Crippen molar-refractivity contribution < 1.29 is 19.0 Å². The fraction of sp³-hybridized carbons (Fsp3) is 0.300. The molecule has 1 aromatic rings. The van der Waals surface area contributed by atoms with Gasteiger partial charge in [0.05, 0.1) is 6.61 Å². The first-order valence-electron chi connectivity index (χ1n) is 4.18. The van der Waals surface area contributed by atoms with Gasteiger partial charge in [0.15, 0.2) is 6.10 Å². The van der Waals surface area contributed by atoms with E-state index >= 15 is 0 Å². The van der Waals surface area contributed by atoms with Crippen LogP contribution in [0.15, 0.2) is 24.3 Å². The van der Waals surface area contributed by atoms with E-state index in [-0.39, 0.29) is 12.4 Å². The second kappa shape index (κ2) is 4.72. The van der Waals surface area contributed by atoms with Crippen LogP contribution in [-0.2, 0) is 16.1 Å². The van der Waals surface area contributed by atoms with Gasteiger partial charge in [-0.3, -0.25) is 0 Å². The zero-order valence-corrected chi connectivity index (χ0v) is 7.74. The maximum atomic E-state index is 12.5. The van der Waals surface area contributed by atoms with E-state index < -0.39 is 12.1 Å². The van der Waals surface area contributed by atoms with E-state index in [0.29, 0.717) is 0 Å². The topological polar surface area (TPSA) is 46.5 Å². The number of benzene rings is 1. The highest BCUT2D eigenvalue weighted by Crippen LogP contribution is 2.05. The number of carboxylic acids is 1. The zero-order valence-electron chi connectivity index (χ0n) is 7.74. The lowest BCUT2D eigenvalue weighted by Crippen LogP contribution is -2.19. The quantitative estimate of drug-likeness (QED) is 0.802. The molecule has 0 aliphatic carbocycles. The molecule has 14 heavy (non-hydrogen) atoms. The molecule has 0 fully saturated rings. The largest absolute Gasteiger partial charge is 0.479 e. The molecule has 0 saturated heterocycles. The van der Waals surface area contributed by atoms with Gasteiger partial charge in [0.1, 0.15) is 5.82 Å². The Morgan fingerprint density at radius 1 is 1.50 bits per heavy atom. The third-order valence-electron chi connectivity index (χ3n) is 1.76. The number of hydrogen-bond donors (Lipinski definition) is 1. The van der Waals surface area contributed by atoms with Gasteiger partial charge < -0.3 is 9.84 Å². The van der Waals surface area contributed by atoms with Crippen molar-refractivity contribution in [3.63, 3.8) is 0 Å². The molecule has 3 nitrogen and oxygen atoms in total. The molecule has 1 atom stereocenters. The highest BCUT2D eigenvalue weighted by atomic mass is 19.1. The predicted molar refractivity (Wildman–Crippen MR) is 48.3 cm³/mol. The van der Waals surface area contributed by atoms with Crippen LogP contribution in [0.4, 0.5) is 4.39 Å². The second-order valence-corrected chi connectivity index (χ2v) is 2.92. The lowest BCUT2D eigenvalue weighted by molar-refractivity contribution is -0.149. The van der Waals surface area contributed by atoms with Crippen molar-refractivity contribution in [2.24, 2.45) is 0 Å². The van der Waals surface area contributed by atoms with E-state index in [9.17, 15) is 9.18 Å². The van der Waals surface area contributed by atoms with Crippen LogP contribution in [0.3, 0.4) is 0 Å². The summed E-state index contributed by atoms with van der Waals surface area (Å²) in [6, 6.07) is 5.74. The van der Waals surface area contributed by atoms with Gasteiger partial charge in [-0.2, -0.15) is 0 Å². The third-order valence-corrected chi connectivity index (χ3v) is 1.76. The van der Waals surface area contributed by atoms with E-state index in [1.807, 2.05) is 0 Å². The van der Waals surface area contributed by atoms with Gasteiger partial charge in [-0.15, -0.1) is 0 Å². The SMILES string of the molecule is C[C@H](OCc1ccc(F)cc1)C(=O)O. The number of hydrogen-bond acceptors (Lipinski definition) is 2. The maximum absolute atomic E-state index is 12.5. The molecule has 76 valence electrons. The minimum Gasteiger partial charge on any atom is -0.479 e. The minimum atomic E-state index is -1.01. The Labute approximate surface area is 81.1 Å². The normalized spacial score (nSPS) is 12.4. The van der Waals surface area contributed by atoms with Crippen LogP contribution >= 0.6 is 0 Å². The number of ether oxygens (including phenoxy) is 1. The summed E-state index contributed by atoms with van der Waals surface area (Å²) in [7, 11) is 0. The average molecular weight is 198 g/mol. The van der Waals surface area contributed by atoms with Crippen molar-refractivity contribution in [1.29, 1.82) is 0 Å². The molecule has 0 aliphatic heterocycles. The summed E-state index contributed by atoms with van der Waals surface area (Å²) in [5, 5.41) is 8.52. The molecule has 0 bridgehead atoms. The molecular formula is C10H11FO3. The molecule has 0 aliphatic rings. The standard InChI is InChI=1S/C10H11FO3/c1-7(10(12)13)14-6-8-2-4-9(11)5-3-8/h2-5,7H,6H2,1H3,(H,12,13)/t7-/m0/s1. The Bertz CT molecular complexity index is 308. The second-order valence-electron chi connectivity index (χ2n) is 2.92. The summed E-state index contributed by atoms with van der Waals surface area (Å²) in [4.78, 5) is 10.4. The van der Waals surface area contributed by atoms with Gasteiger partial charge in [-0.1, -0.05) is 12.1 Å². The molecule has 0 saturated carbocycles. The van der Waals surface area contributed by atoms with Crippen LogP contribution in [0.5, 0.6) is 0 Å². The van der Waals surface area contributed by atoms with E-state index in [0.717, 1.165) is 5.56 Å². The lowest BCUT2D eigenvalue weighted by atomic mass is 10.2. The van der Waals surface area contributed by atoms with Gasteiger partial charge in [0.2, 0.25) is 0 Å². The van der Waals surface area contributed by atoms with E-state index in [1.165, 1.54) is 19.1 Å². The molecule has 0 spiro atoms. The Morgan fingerprint density at radius 3 is 2.57 bits per heavy atom. The molecule has 1 rings (SSSR count). The van der Waals surface area contributed by atoms with Gasteiger partial charge in [-0.25, -0.2) is 9.18 Å². The summed E-state index contributed by atoms with van der Waals surface area (Å²) < 4.78 is 17.5. The molecule has 0 unspecified atom stereocenters. The first-order chi connectivity index (χ1) is 6.59. The first kappa shape index (κ1) is 10.7. The Kier molecular flexibility index (Phi) is 3.59. The molecule has 4 heteroatoms. The number of rotatable bonds is 4. The Balaban J connectivity index is 2.46. The van der Waals surface area contributed by atoms with Crippen LogP contribution in [0.1, 0.15) is 12.5 Å². The van der Waals surface area contributed by atoms with Gasteiger partial charge in [0.25, 0.3) is 0 Å². The summed E-state index contributed by atoms with van der Waals surface area (Å²) in [6.45, 7) is 1.62. The molecule has 0 radical (unpaired) electrons. The van der Waals surface area contributed by atoms with E-state index in [1.54, 1.807) is 12.1 Å². The zero-order chi connectivity index (χ0) is 10.6. The lowest BCUT2D eigenvalue weighted by Gasteiger charge is -2.07. The maximum Gasteiger partial charge on any atom is 0.332 e. The number of carboxylic acid groups (broad SMARTS) is 1. The predicted octanol–water partition coefficient (Wildman–Crippen LogP) is 1.82. The van der Waals surface area contributed by atoms with Gasteiger partial charge >= 0.3 is 5.97 Å². The van der Waals surface area contributed by atoms with Crippen molar-refractivity contribution in [3.05, 3.63) is 35.6 Å². The molecule has 0 heterocycles. The van der Waals surface area contributed by atoms with Gasteiger partial charge in [-0.05, 0) is 24.6 Å². The van der Waals surface area contributed by atoms with Crippen molar-refractivity contribution in [3.8, 4) is 0 Å².